The van der Waals surface area contributed by atoms with Crippen molar-refractivity contribution in [3.05, 3.63) is 58.5 Å². The Labute approximate surface area is 141 Å². The van der Waals surface area contributed by atoms with Crippen LogP contribution in [0.15, 0.2) is 34.9 Å². The Balaban J connectivity index is 2.14. The van der Waals surface area contributed by atoms with E-state index in [0.29, 0.717) is 17.0 Å². The molecule has 0 bridgehead atoms. The largest absolute Gasteiger partial charge is 0.481 e. The average molecular weight is 329 g/mol. The van der Waals surface area contributed by atoms with Gasteiger partial charge in [0.2, 0.25) is 0 Å². The van der Waals surface area contributed by atoms with Gasteiger partial charge in [0.1, 0.15) is 12.2 Å². The van der Waals surface area contributed by atoms with E-state index in [9.17, 15) is 9.59 Å². The number of furan rings is 1. The molecule has 0 spiro atoms. The lowest BCUT2D eigenvalue weighted by Crippen LogP contribution is -2.28. The highest BCUT2D eigenvalue weighted by Gasteiger charge is 2.22. The Hall–Kier alpha value is -2.56. The van der Waals surface area contributed by atoms with Crippen LogP contribution in [0.4, 0.5) is 0 Å². The number of benzene rings is 1. The number of carbonyl (C=O) groups is 2. The van der Waals surface area contributed by atoms with E-state index in [-0.39, 0.29) is 24.1 Å². The summed E-state index contributed by atoms with van der Waals surface area (Å²) in [7, 11) is 0. The van der Waals surface area contributed by atoms with Crippen LogP contribution in [0, 0.1) is 6.92 Å². The second-order valence-electron chi connectivity index (χ2n) is 6.30. The maximum atomic E-state index is 12.5. The van der Waals surface area contributed by atoms with Crippen molar-refractivity contribution in [3.63, 3.8) is 0 Å². The number of amides is 1. The third-order valence-electron chi connectivity index (χ3n) is 4.04. The van der Waals surface area contributed by atoms with E-state index < -0.39 is 5.97 Å². The zero-order valence-corrected chi connectivity index (χ0v) is 14.4. The molecular weight excluding hydrogens is 306 g/mol. The van der Waals surface area contributed by atoms with Gasteiger partial charge in [0.05, 0.1) is 17.9 Å². The number of aliphatic carboxylic acids is 1. The molecule has 0 aliphatic heterocycles. The van der Waals surface area contributed by atoms with Gasteiger partial charge >= 0.3 is 5.97 Å². The lowest BCUT2D eigenvalue weighted by atomic mass is 9.99. The van der Waals surface area contributed by atoms with Gasteiger partial charge in [0.15, 0.2) is 0 Å². The number of hydrogen-bond acceptors (Lipinski definition) is 3. The number of rotatable bonds is 6. The maximum Gasteiger partial charge on any atom is 0.311 e. The minimum atomic E-state index is -1.03. The highest BCUT2D eigenvalue weighted by molar-refractivity contribution is 5.97. The third kappa shape index (κ3) is 4.04. The maximum absolute atomic E-state index is 12.5. The fourth-order valence-electron chi connectivity index (χ4n) is 2.59. The van der Waals surface area contributed by atoms with E-state index in [4.69, 9.17) is 9.52 Å². The molecule has 2 N–H and O–H groups in total. The number of carboxylic acids is 1. The van der Waals surface area contributed by atoms with Gasteiger partial charge in [-0.15, -0.1) is 0 Å². The quantitative estimate of drug-likeness (QED) is 0.844. The van der Waals surface area contributed by atoms with Crippen molar-refractivity contribution in [1.29, 1.82) is 0 Å². The normalized spacial score (nSPS) is 12.2. The van der Waals surface area contributed by atoms with Crippen LogP contribution in [0.2, 0.25) is 0 Å². The topological polar surface area (TPSA) is 79.5 Å². The monoisotopic (exact) mass is 329 g/mol. The molecule has 1 aromatic carbocycles. The molecule has 0 aliphatic carbocycles. The van der Waals surface area contributed by atoms with Gasteiger partial charge in [-0.25, -0.2) is 0 Å². The van der Waals surface area contributed by atoms with Crippen molar-refractivity contribution in [2.45, 2.75) is 46.1 Å². The molecule has 5 heteroatoms. The number of nitrogens with one attached hydrogen (secondary N) is 1. The Morgan fingerprint density at radius 3 is 2.25 bits per heavy atom. The zero-order valence-electron chi connectivity index (χ0n) is 14.4. The van der Waals surface area contributed by atoms with Gasteiger partial charge in [0.25, 0.3) is 5.91 Å². The summed E-state index contributed by atoms with van der Waals surface area (Å²) in [6.45, 7) is 7.89. The van der Waals surface area contributed by atoms with Crippen molar-refractivity contribution >= 4 is 11.9 Å². The van der Waals surface area contributed by atoms with Crippen LogP contribution in [-0.4, -0.2) is 17.0 Å². The summed E-state index contributed by atoms with van der Waals surface area (Å²) in [5.41, 5.74) is 3.18. The molecule has 24 heavy (non-hydrogen) atoms. The van der Waals surface area contributed by atoms with E-state index in [0.717, 1.165) is 5.56 Å². The minimum Gasteiger partial charge on any atom is -0.481 e. The van der Waals surface area contributed by atoms with Crippen molar-refractivity contribution in [2.75, 3.05) is 0 Å². The lowest BCUT2D eigenvalue weighted by molar-refractivity contribution is -0.136. The smallest absolute Gasteiger partial charge is 0.311 e. The molecular formula is C19H23NO4. The van der Waals surface area contributed by atoms with E-state index in [1.54, 1.807) is 6.92 Å². The first kappa shape index (κ1) is 17.8. The van der Waals surface area contributed by atoms with Crippen LogP contribution < -0.4 is 5.32 Å². The molecule has 0 saturated heterocycles. The van der Waals surface area contributed by atoms with E-state index in [1.165, 1.54) is 11.8 Å². The fraction of sp³-hybridized carbons (Fsp3) is 0.368. The molecule has 1 heterocycles. The first-order valence-corrected chi connectivity index (χ1v) is 7.99. The SMILES string of the molecule is Cc1coc(CC(=O)O)c1C(=O)NC(C)c1ccc(C(C)C)cc1. The molecule has 128 valence electrons. The third-order valence-corrected chi connectivity index (χ3v) is 4.04. The van der Waals surface area contributed by atoms with Crippen LogP contribution in [0.25, 0.3) is 0 Å². The fourth-order valence-corrected chi connectivity index (χ4v) is 2.59. The van der Waals surface area contributed by atoms with Crippen molar-refractivity contribution in [2.24, 2.45) is 0 Å². The summed E-state index contributed by atoms with van der Waals surface area (Å²) in [5, 5.41) is 11.8. The second kappa shape index (κ2) is 7.34. The highest BCUT2D eigenvalue weighted by atomic mass is 16.4. The van der Waals surface area contributed by atoms with Crippen molar-refractivity contribution < 1.29 is 19.1 Å². The van der Waals surface area contributed by atoms with Crippen LogP contribution in [-0.2, 0) is 11.2 Å². The van der Waals surface area contributed by atoms with Gasteiger partial charge in [-0.05, 0) is 30.9 Å². The van der Waals surface area contributed by atoms with Crippen molar-refractivity contribution in [1.82, 2.24) is 5.32 Å². The molecule has 1 aromatic heterocycles. The predicted molar refractivity (Wildman–Crippen MR) is 91.2 cm³/mol. The summed E-state index contributed by atoms with van der Waals surface area (Å²) >= 11 is 0. The lowest BCUT2D eigenvalue weighted by Gasteiger charge is -2.16. The van der Waals surface area contributed by atoms with Crippen LogP contribution in [0.3, 0.4) is 0 Å². The molecule has 1 amide bonds. The molecule has 0 saturated carbocycles. The van der Waals surface area contributed by atoms with E-state index in [1.807, 2.05) is 19.1 Å². The molecule has 2 rings (SSSR count). The van der Waals surface area contributed by atoms with Crippen LogP contribution in [0.1, 0.15) is 65.5 Å². The van der Waals surface area contributed by atoms with E-state index in [2.05, 4.69) is 31.3 Å². The summed E-state index contributed by atoms with van der Waals surface area (Å²) in [4.78, 5) is 23.4. The second-order valence-corrected chi connectivity index (χ2v) is 6.30. The van der Waals surface area contributed by atoms with Crippen LogP contribution in [0.5, 0.6) is 0 Å². The molecule has 5 nitrogen and oxygen atoms in total. The van der Waals surface area contributed by atoms with Crippen LogP contribution >= 0.6 is 0 Å². The molecule has 0 aliphatic rings. The molecule has 1 unspecified atom stereocenters. The number of carbonyl (C=O) groups excluding carboxylic acids is 1. The Morgan fingerprint density at radius 1 is 1.12 bits per heavy atom. The molecule has 0 radical (unpaired) electrons. The van der Waals surface area contributed by atoms with Gasteiger partial charge in [0, 0.05) is 5.56 Å². The highest BCUT2D eigenvalue weighted by Crippen LogP contribution is 2.21. The molecule has 0 fully saturated rings. The number of hydrogen-bond donors (Lipinski definition) is 2. The standard InChI is InChI=1S/C19H23NO4/c1-11(2)14-5-7-15(8-6-14)13(4)20-19(23)18-12(3)10-24-16(18)9-17(21)22/h5-8,10-11,13H,9H2,1-4H3,(H,20,23)(H,21,22). The summed E-state index contributed by atoms with van der Waals surface area (Å²) in [6, 6.07) is 7.93. The summed E-state index contributed by atoms with van der Waals surface area (Å²) < 4.78 is 5.22. The first-order valence-electron chi connectivity index (χ1n) is 7.99. The molecule has 1 atom stereocenters. The summed E-state index contributed by atoms with van der Waals surface area (Å²) in [6.07, 6.45) is 1.10. The average Bonchev–Trinajstić information content (AvgIpc) is 2.87. The van der Waals surface area contributed by atoms with E-state index >= 15 is 0 Å². The number of aryl methyl sites for hydroxylation is 1. The molecule has 2 aromatic rings. The van der Waals surface area contributed by atoms with Gasteiger partial charge in [-0.3, -0.25) is 9.59 Å². The van der Waals surface area contributed by atoms with Gasteiger partial charge in [-0.1, -0.05) is 38.1 Å². The minimum absolute atomic E-state index is 0.180. The zero-order chi connectivity index (χ0) is 17.9. The summed E-state index contributed by atoms with van der Waals surface area (Å²) in [5.74, 6) is -0.718. The predicted octanol–water partition coefficient (Wildman–Crippen LogP) is 3.83. The van der Waals surface area contributed by atoms with Crippen molar-refractivity contribution in [3.8, 4) is 0 Å². The van der Waals surface area contributed by atoms with Gasteiger partial charge in [-0.2, -0.15) is 0 Å². The Morgan fingerprint density at radius 2 is 1.71 bits per heavy atom. The van der Waals surface area contributed by atoms with Gasteiger partial charge < -0.3 is 14.8 Å². The number of carboxylic acid groups (broad SMARTS) is 1. The first-order chi connectivity index (χ1) is 11.3. The Kier molecular flexibility index (Phi) is 5.44. The Bertz CT molecular complexity index is 728.